The number of ether oxygens (including phenoxy) is 2. The maximum atomic E-state index is 12.3. The number of benzene rings is 2. The monoisotopic (exact) mass is 431 g/mol. The summed E-state index contributed by atoms with van der Waals surface area (Å²) < 4.78 is 11.0. The number of fused-ring (bicyclic) bond motifs is 2. The Morgan fingerprint density at radius 2 is 1.83 bits per heavy atom. The zero-order valence-corrected chi connectivity index (χ0v) is 15.9. The maximum absolute atomic E-state index is 12.3. The fourth-order valence-electron chi connectivity index (χ4n) is 2.94. The number of carbonyl (C=O) groups excluding carboxylic acids is 1. The molecule has 2 aliphatic heterocycles. The van der Waals surface area contributed by atoms with E-state index in [-0.39, 0.29) is 39.6 Å². The molecule has 1 aromatic heterocycles. The Hall–Kier alpha value is -3.14. The molecule has 1 fully saturated rings. The summed E-state index contributed by atoms with van der Waals surface area (Å²) in [5.41, 5.74) is 0.00856. The van der Waals surface area contributed by atoms with E-state index in [1.54, 1.807) is 24.3 Å². The van der Waals surface area contributed by atoms with Crippen LogP contribution in [0.2, 0.25) is 10.0 Å². The van der Waals surface area contributed by atoms with Crippen LogP contribution in [0.1, 0.15) is 0 Å². The second-order valence-corrected chi connectivity index (χ2v) is 7.11. The molecule has 2 unspecified atom stereocenters. The summed E-state index contributed by atoms with van der Waals surface area (Å²) in [6.07, 6.45) is 0.909. The smallest absolute Gasteiger partial charge is 0.344 e. The van der Waals surface area contributed by atoms with Crippen LogP contribution in [0, 0.1) is 0 Å². The van der Waals surface area contributed by atoms with Crippen molar-refractivity contribution < 1.29 is 14.3 Å². The van der Waals surface area contributed by atoms with Gasteiger partial charge in [0.1, 0.15) is 6.10 Å². The van der Waals surface area contributed by atoms with Gasteiger partial charge in [0, 0.05) is 0 Å². The van der Waals surface area contributed by atoms with Gasteiger partial charge >= 0.3 is 6.03 Å². The number of hydrogen-bond donors (Lipinski definition) is 2. The average molecular weight is 432 g/mol. The van der Waals surface area contributed by atoms with Gasteiger partial charge in [-0.05, 0) is 24.3 Å². The maximum Gasteiger partial charge on any atom is 0.344 e. The third-order valence-electron chi connectivity index (χ3n) is 4.40. The summed E-state index contributed by atoms with van der Waals surface area (Å²) in [5.74, 6) is 0.270. The zero-order chi connectivity index (χ0) is 20.1. The van der Waals surface area contributed by atoms with Gasteiger partial charge in [0.15, 0.2) is 12.0 Å². The SMILES string of the molecule is O=C1NC2OC2C=NN1c1cc(Cl)c(Oc2n[nH]c(=O)c3ccccc23)c(Cl)c1. The molecule has 0 saturated carbocycles. The summed E-state index contributed by atoms with van der Waals surface area (Å²) in [6, 6.07) is 9.35. The van der Waals surface area contributed by atoms with Gasteiger partial charge in [-0.2, -0.15) is 10.1 Å². The number of halogens is 2. The molecule has 2 atom stereocenters. The lowest BCUT2D eigenvalue weighted by Gasteiger charge is -2.18. The van der Waals surface area contributed by atoms with Crippen LogP contribution in [0.5, 0.6) is 11.6 Å². The minimum atomic E-state index is -0.472. The fraction of sp³-hybridized carbons (Fsp3) is 0.111. The molecule has 11 heteroatoms. The van der Waals surface area contributed by atoms with Gasteiger partial charge in [-0.3, -0.25) is 4.79 Å². The topological polar surface area (TPSA) is 112 Å². The minimum Gasteiger partial charge on any atom is -0.434 e. The first-order chi connectivity index (χ1) is 14.0. The molecule has 3 heterocycles. The Morgan fingerprint density at radius 1 is 1.10 bits per heavy atom. The van der Waals surface area contributed by atoms with Crippen molar-refractivity contribution in [2.75, 3.05) is 5.01 Å². The van der Waals surface area contributed by atoms with E-state index in [0.29, 0.717) is 16.5 Å². The van der Waals surface area contributed by atoms with E-state index < -0.39 is 6.03 Å². The lowest BCUT2D eigenvalue weighted by atomic mass is 10.2. The Morgan fingerprint density at radius 3 is 2.59 bits per heavy atom. The van der Waals surface area contributed by atoms with Crippen molar-refractivity contribution in [1.29, 1.82) is 0 Å². The third-order valence-corrected chi connectivity index (χ3v) is 4.96. The standard InChI is InChI=1S/C18H11Cl2N5O4/c19-11-5-8(25-18(27)22-17-13(28-17)7-21-25)6-12(20)14(11)29-16-10-4-2-1-3-9(10)15(26)23-24-16/h1-7,13,17H,(H,22,27)(H,23,26). The second kappa shape index (κ2) is 6.73. The van der Waals surface area contributed by atoms with Gasteiger partial charge in [-0.1, -0.05) is 35.3 Å². The largest absolute Gasteiger partial charge is 0.434 e. The lowest BCUT2D eigenvalue weighted by Crippen LogP contribution is -2.37. The highest BCUT2D eigenvalue weighted by atomic mass is 35.5. The van der Waals surface area contributed by atoms with Crippen molar-refractivity contribution in [3.63, 3.8) is 0 Å². The summed E-state index contributed by atoms with van der Waals surface area (Å²) in [5, 5.41) is 15.4. The minimum absolute atomic E-state index is 0.132. The summed E-state index contributed by atoms with van der Waals surface area (Å²) >= 11 is 12.7. The number of nitrogens with zero attached hydrogens (tertiary/aromatic N) is 3. The van der Waals surface area contributed by atoms with Gasteiger partial charge in [0.05, 0.1) is 32.7 Å². The Balaban J connectivity index is 1.51. The highest BCUT2D eigenvalue weighted by Crippen LogP contribution is 2.40. The number of rotatable bonds is 3. The summed E-state index contributed by atoms with van der Waals surface area (Å²) in [6.45, 7) is 0. The third kappa shape index (κ3) is 3.19. The normalized spacial score (nSPS) is 20.2. The first-order valence-corrected chi connectivity index (χ1v) is 9.21. The van der Waals surface area contributed by atoms with Crippen LogP contribution in [0.4, 0.5) is 10.5 Å². The Bertz CT molecular complexity index is 1220. The molecule has 0 spiro atoms. The van der Waals surface area contributed by atoms with Crippen LogP contribution in [-0.2, 0) is 4.74 Å². The molecule has 0 bridgehead atoms. The molecule has 1 saturated heterocycles. The number of urea groups is 1. The zero-order valence-electron chi connectivity index (χ0n) is 14.4. The molecule has 146 valence electrons. The predicted octanol–water partition coefficient (Wildman–Crippen LogP) is 3.26. The number of anilines is 1. The van der Waals surface area contributed by atoms with Crippen LogP contribution in [0.3, 0.4) is 0 Å². The first kappa shape index (κ1) is 17.9. The molecule has 0 radical (unpaired) electrons. The van der Waals surface area contributed by atoms with Crippen molar-refractivity contribution in [2.45, 2.75) is 12.3 Å². The number of amides is 2. The summed E-state index contributed by atoms with van der Waals surface area (Å²) in [7, 11) is 0. The van der Waals surface area contributed by atoms with Crippen molar-refractivity contribution >= 4 is 51.9 Å². The molecule has 3 aromatic rings. The number of epoxide rings is 1. The molecule has 29 heavy (non-hydrogen) atoms. The van der Waals surface area contributed by atoms with Crippen molar-refractivity contribution in [2.24, 2.45) is 5.10 Å². The van der Waals surface area contributed by atoms with Crippen LogP contribution in [0.25, 0.3) is 10.8 Å². The van der Waals surface area contributed by atoms with Crippen LogP contribution in [0.15, 0.2) is 46.3 Å². The molecule has 0 aliphatic carbocycles. The number of aromatic nitrogens is 2. The number of hydrazone groups is 1. The predicted molar refractivity (Wildman–Crippen MR) is 107 cm³/mol. The summed E-state index contributed by atoms with van der Waals surface area (Å²) in [4.78, 5) is 24.2. The second-order valence-electron chi connectivity index (χ2n) is 6.29. The van der Waals surface area contributed by atoms with Crippen molar-refractivity contribution in [3.05, 3.63) is 56.8 Å². The number of aromatic amines is 1. The van der Waals surface area contributed by atoms with Gasteiger partial charge in [-0.15, -0.1) is 5.10 Å². The Kier molecular flexibility index (Phi) is 4.16. The van der Waals surface area contributed by atoms with Crippen LogP contribution >= 0.6 is 23.2 Å². The quantitative estimate of drug-likeness (QED) is 0.617. The Labute approximate surface area is 172 Å². The number of carbonyl (C=O) groups is 1. The molecule has 9 nitrogen and oxygen atoms in total. The van der Waals surface area contributed by atoms with E-state index in [1.807, 2.05) is 0 Å². The molecule has 2 N–H and O–H groups in total. The molecular weight excluding hydrogens is 421 g/mol. The highest BCUT2D eigenvalue weighted by molar-refractivity contribution is 6.37. The van der Waals surface area contributed by atoms with Crippen molar-refractivity contribution in [3.8, 4) is 11.6 Å². The molecule has 5 rings (SSSR count). The van der Waals surface area contributed by atoms with E-state index >= 15 is 0 Å². The molecule has 2 aliphatic rings. The lowest BCUT2D eigenvalue weighted by molar-refractivity contribution is 0.240. The van der Waals surface area contributed by atoms with Crippen LogP contribution < -0.4 is 20.6 Å². The van der Waals surface area contributed by atoms with E-state index in [0.717, 1.165) is 5.01 Å². The number of H-pyrrole nitrogens is 1. The van der Waals surface area contributed by atoms with Gasteiger partial charge in [-0.25, -0.2) is 9.89 Å². The number of hydrogen-bond acceptors (Lipinski definition) is 6. The molecular formula is C18H11Cl2N5O4. The van der Waals surface area contributed by atoms with Crippen LogP contribution in [-0.4, -0.2) is 34.8 Å². The molecule has 2 amide bonds. The van der Waals surface area contributed by atoms with Crippen molar-refractivity contribution in [1.82, 2.24) is 15.5 Å². The highest BCUT2D eigenvalue weighted by Gasteiger charge is 2.42. The van der Waals surface area contributed by atoms with E-state index in [9.17, 15) is 9.59 Å². The van der Waals surface area contributed by atoms with Gasteiger partial charge in [0.25, 0.3) is 5.56 Å². The molecule has 2 aromatic carbocycles. The fourth-order valence-corrected chi connectivity index (χ4v) is 3.49. The van der Waals surface area contributed by atoms with Gasteiger partial charge < -0.3 is 14.8 Å². The average Bonchev–Trinajstić information content (AvgIpc) is 3.45. The van der Waals surface area contributed by atoms with E-state index in [1.165, 1.54) is 18.3 Å². The van der Waals surface area contributed by atoms with E-state index in [2.05, 4.69) is 20.6 Å². The van der Waals surface area contributed by atoms with Gasteiger partial charge in [0.2, 0.25) is 5.88 Å². The first-order valence-electron chi connectivity index (χ1n) is 8.46. The number of nitrogens with one attached hydrogen (secondary N) is 2. The van der Waals surface area contributed by atoms with E-state index in [4.69, 9.17) is 32.7 Å².